The number of fused-ring (bicyclic) bond motifs is 1. The monoisotopic (exact) mass is 633 g/mol. The van der Waals surface area contributed by atoms with Crippen LogP contribution in [0, 0.1) is 6.92 Å². The number of carbonyl (C=O) groups excluding carboxylic acids is 3. The summed E-state index contributed by atoms with van der Waals surface area (Å²) in [4.78, 5) is 58.9. The maximum Gasteiger partial charge on any atom is 0.352 e. The fraction of sp³-hybridized carbons (Fsp3) is 0.333. The van der Waals surface area contributed by atoms with E-state index in [1.165, 1.54) is 46.9 Å². The Morgan fingerprint density at radius 3 is 2.81 bits per heavy atom. The number of carboxylic acids is 1. The molecule has 1 fully saturated rings. The zero-order valence-corrected chi connectivity index (χ0v) is 23.2. The van der Waals surface area contributed by atoms with Crippen LogP contribution < -0.4 is 10.6 Å². The quantitative estimate of drug-likeness (QED) is 0.114. The zero-order chi connectivity index (χ0) is 26.0. The minimum atomic E-state index is -1.22. The van der Waals surface area contributed by atoms with Gasteiger partial charge in [0.05, 0.1) is 0 Å². The lowest BCUT2D eigenvalue weighted by Crippen LogP contribution is -2.71. The molecule has 4 rings (SSSR count). The lowest BCUT2D eigenvalue weighted by Gasteiger charge is -2.49. The molecular weight excluding hydrogens is 618 g/mol. The molecule has 3 N–H and O–H groups in total. The summed E-state index contributed by atoms with van der Waals surface area (Å²) in [5.74, 6) is -1.80. The number of aliphatic carboxylic acids is 1. The number of carbonyl (C=O) groups is 4. The van der Waals surface area contributed by atoms with E-state index < -0.39 is 29.2 Å². The molecule has 0 radical (unpaired) electrons. The second-order valence-electron chi connectivity index (χ2n) is 7.02. The molecule has 3 amide bonds. The fourth-order valence-electron chi connectivity index (χ4n) is 3.33. The van der Waals surface area contributed by atoms with Gasteiger partial charge in [-0.25, -0.2) is 9.78 Å². The van der Waals surface area contributed by atoms with Crippen molar-refractivity contribution < 1.29 is 29.1 Å². The number of rotatable bonds is 10. The Kier molecular flexibility index (Phi) is 8.28. The molecule has 0 saturated carbocycles. The number of nitrogens with zero attached hydrogens (tertiary/aromatic N) is 5. The second-order valence-corrected chi connectivity index (χ2v) is 12.8. The smallest absolute Gasteiger partial charge is 0.352 e. The van der Waals surface area contributed by atoms with Crippen molar-refractivity contribution in [3.63, 3.8) is 0 Å². The second kappa shape index (κ2) is 11.2. The third kappa shape index (κ3) is 5.26. The van der Waals surface area contributed by atoms with Gasteiger partial charge in [0.2, 0.25) is 6.41 Å². The van der Waals surface area contributed by atoms with Crippen molar-refractivity contribution in [3.05, 3.63) is 25.8 Å². The Labute approximate surface area is 228 Å². The van der Waals surface area contributed by atoms with Crippen molar-refractivity contribution in [1.29, 1.82) is 0 Å². The average molecular weight is 635 g/mol. The maximum absolute atomic E-state index is 13.0. The lowest BCUT2D eigenvalue weighted by atomic mass is 10.0. The largest absolute Gasteiger partial charge is 0.477 e. The Bertz CT molecular complexity index is 1290. The average Bonchev–Trinajstić information content (AvgIpc) is 3.43. The van der Waals surface area contributed by atoms with Crippen molar-refractivity contribution >= 4 is 97.2 Å². The minimum absolute atomic E-state index is 0.0828. The third-order valence-electron chi connectivity index (χ3n) is 4.80. The Morgan fingerprint density at radius 1 is 1.39 bits per heavy atom. The Balaban J connectivity index is 1.50. The first-order valence-corrected chi connectivity index (χ1v) is 14.3. The number of hydrogen-bond acceptors (Lipinski definition) is 13. The molecule has 13 nitrogen and oxygen atoms in total. The molecule has 2 aliphatic heterocycles. The van der Waals surface area contributed by atoms with Crippen LogP contribution in [0.15, 0.2) is 24.6 Å². The number of hydrogen-bond donors (Lipinski definition) is 3. The number of nitrogens with one attached hydrogen (secondary N) is 2. The first-order chi connectivity index (χ1) is 17.2. The molecular formula is C18H16BrN7O6S4. The van der Waals surface area contributed by atoms with E-state index >= 15 is 0 Å². The number of thiazole rings is 1. The van der Waals surface area contributed by atoms with Gasteiger partial charge in [-0.15, -0.1) is 22.0 Å². The predicted octanol–water partition coefficient (Wildman–Crippen LogP) is 1.52. The minimum Gasteiger partial charge on any atom is -0.477 e. The number of oxime groups is 1. The summed E-state index contributed by atoms with van der Waals surface area (Å²) in [6.07, 6.45) is 0.444. The van der Waals surface area contributed by atoms with E-state index in [2.05, 4.69) is 46.9 Å². The van der Waals surface area contributed by atoms with Crippen LogP contribution in [0.4, 0.5) is 5.13 Å². The number of amides is 3. The molecule has 18 heteroatoms. The highest BCUT2D eigenvalue weighted by atomic mass is 79.9. The van der Waals surface area contributed by atoms with Crippen LogP contribution in [0.1, 0.15) is 10.7 Å². The van der Waals surface area contributed by atoms with Gasteiger partial charge in [0, 0.05) is 11.5 Å². The summed E-state index contributed by atoms with van der Waals surface area (Å²) in [6.45, 7) is 1.83. The van der Waals surface area contributed by atoms with Crippen molar-refractivity contribution in [1.82, 2.24) is 25.4 Å². The first kappa shape index (κ1) is 26.5. The number of aromatic nitrogens is 3. The van der Waals surface area contributed by atoms with Crippen molar-refractivity contribution in [2.75, 3.05) is 23.9 Å². The van der Waals surface area contributed by atoms with Gasteiger partial charge in [-0.3, -0.25) is 19.3 Å². The van der Waals surface area contributed by atoms with Crippen LogP contribution in [0.25, 0.3) is 0 Å². The van der Waals surface area contributed by atoms with Crippen LogP contribution in [0.2, 0.25) is 0 Å². The van der Waals surface area contributed by atoms with Gasteiger partial charge >= 0.3 is 5.97 Å². The Morgan fingerprint density at radius 2 is 2.17 bits per heavy atom. The molecule has 2 atom stereocenters. The van der Waals surface area contributed by atoms with E-state index in [4.69, 9.17) is 4.84 Å². The molecule has 0 aliphatic carbocycles. The number of anilines is 1. The Hall–Kier alpha value is -2.54. The predicted molar refractivity (Wildman–Crippen MR) is 138 cm³/mol. The van der Waals surface area contributed by atoms with Crippen molar-refractivity contribution in [2.24, 2.45) is 5.16 Å². The number of β-lactam (4-membered cyclic amide) rings is 1. The topological polar surface area (TPSA) is 176 Å². The highest BCUT2D eigenvalue weighted by molar-refractivity contribution is 9.11. The third-order valence-corrected chi connectivity index (χ3v) is 9.84. The molecule has 190 valence electrons. The van der Waals surface area contributed by atoms with Gasteiger partial charge in [-0.2, -0.15) is 0 Å². The number of halogens is 1. The van der Waals surface area contributed by atoms with Crippen molar-refractivity contribution in [3.8, 4) is 0 Å². The van der Waals surface area contributed by atoms with Gasteiger partial charge in [0.15, 0.2) is 15.2 Å². The summed E-state index contributed by atoms with van der Waals surface area (Å²) in [6, 6.07) is -0.969. The van der Waals surface area contributed by atoms with Gasteiger partial charge in [-0.05, 0) is 28.4 Å². The van der Waals surface area contributed by atoms with Crippen LogP contribution in [0.3, 0.4) is 0 Å². The van der Waals surface area contributed by atoms with Gasteiger partial charge in [0.25, 0.3) is 11.8 Å². The molecule has 2 aromatic heterocycles. The molecule has 1 unspecified atom stereocenters. The molecule has 0 aromatic carbocycles. The molecule has 0 bridgehead atoms. The van der Waals surface area contributed by atoms with E-state index in [-0.39, 0.29) is 22.2 Å². The van der Waals surface area contributed by atoms with E-state index in [9.17, 15) is 24.3 Å². The number of aryl methyl sites for hydroxylation is 1. The number of thioether (sulfide) groups is 2. The molecule has 2 aliphatic rings. The lowest BCUT2D eigenvalue weighted by molar-refractivity contribution is -0.150. The van der Waals surface area contributed by atoms with Crippen LogP contribution in [0.5, 0.6) is 0 Å². The highest BCUT2D eigenvalue weighted by Crippen LogP contribution is 2.42. The molecule has 0 spiro atoms. The number of carboxylic acid groups (broad SMARTS) is 1. The standard InChI is InChI=1S/C18H16BrN7O6S4/c1-6-23-24-18(35-6)34-4-7-3-33-15-10(14(29)26(15)11(7)16(30)31)21-13(28)9(25-32-2)8-12(19)36-17(22-8)20-5-27/h5,10,15H,3-4H2,1-2H3,(H,21,28)(H,30,31)(H,20,22,27)/t10?,15-/m1/s1. The summed E-state index contributed by atoms with van der Waals surface area (Å²) in [5, 5.41) is 27.0. The fourth-order valence-corrected chi connectivity index (χ4v) is 8.02. The van der Waals surface area contributed by atoms with E-state index in [0.717, 1.165) is 16.3 Å². The van der Waals surface area contributed by atoms with E-state index in [1.807, 2.05) is 6.92 Å². The summed E-state index contributed by atoms with van der Waals surface area (Å²) >= 11 is 8.45. The highest BCUT2D eigenvalue weighted by Gasteiger charge is 2.54. The normalized spacial score (nSPS) is 19.5. The van der Waals surface area contributed by atoms with Crippen molar-refractivity contribution in [2.45, 2.75) is 22.7 Å². The van der Waals surface area contributed by atoms with Gasteiger partial charge in [-0.1, -0.05) is 39.6 Å². The van der Waals surface area contributed by atoms with Gasteiger partial charge in [0.1, 0.15) is 38.7 Å². The van der Waals surface area contributed by atoms with Crippen LogP contribution in [-0.2, 0) is 24.0 Å². The molecule has 1 saturated heterocycles. The summed E-state index contributed by atoms with van der Waals surface area (Å²) < 4.78 is 1.12. The molecule has 2 aromatic rings. The van der Waals surface area contributed by atoms with Gasteiger partial charge < -0.3 is 20.6 Å². The van der Waals surface area contributed by atoms with Crippen LogP contribution >= 0.6 is 62.1 Å². The maximum atomic E-state index is 13.0. The SMILES string of the molecule is CON=C(C(=O)NC1C(=O)N2C(C(=O)O)=C(CSc3nnc(C)s3)CS[C@H]12)c1nc(NC=O)sc1Br. The summed E-state index contributed by atoms with van der Waals surface area (Å²) in [7, 11) is 1.25. The summed E-state index contributed by atoms with van der Waals surface area (Å²) in [5.41, 5.74) is 0.398. The van der Waals surface area contributed by atoms with E-state index in [0.29, 0.717) is 31.6 Å². The first-order valence-electron chi connectivity index (χ1n) is 9.87. The zero-order valence-electron chi connectivity index (χ0n) is 18.4. The molecule has 36 heavy (non-hydrogen) atoms. The van der Waals surface area contributed by atoms with E-state index in [1.54, 1.807) is 0 Å². The van der Waals surface area contributed by atoms with Crippen LogP contribution in [-0.4, -0.2) is 85.1 Å². The molecule has 4 heterocycles.